The van der Waals surface area contributed by atoms with Gasteiger partial charge in [0.15, 0.2) is 0 Å². The number of nitrogens with zero attached hydrogens (tertiary/aromatic N) is 2. The zero-order chi connectivity index (χ0) is 13.0. The Morgan fingerprint density at radius 3 is 3.06 bits per heavy atom. The third kappa shape index (κ3) is 3.23. The average Bonchev–Trinajstić information content (AvgIpc) is 2.79. The number of aryl methyl sites for hydroxylation is 1. The molecule has 0 bridgehead atoms. The van der Waals surface area contributed by atoms with Gasteiger partial charge in [-0.15, -0.1) is 0 Å². The molecule has 0 radical (unpaired) electrons. The molecular formula is C13H15ClFN3. The second-order valence-electron chi connectivity index (χ2n) is 4.09. The minimum absolute atomic E-state index is 0.305. The molecule has 1 aromatic heterocycles. The third-order valence-corrected chi connectivity index (χ3v) is 2.79. The van der Waals surface area contributed by atoms with Crippen molar-refractivity contribution in [3.05, 3.63) is 47.0 Å². The van der Waals surface area contributed by atoms with Crippen LogP contribution in [0.3, 0.4) is 0 Å². The number of hydrogen-bond donors (Lipinski definition) is 1. The molecule has 2 rings (SSSR count). The highest BCUT2D eigenvalue weighted by atomic mass is 35.5. The molecule has 1 aromatic carbocycles. The molecule has 96 valence electrons. The summed E-state index contributed by atoms with van der Waals surface area (Å²) in [5.41, 5.74) is 1.42. The van der Waals surface area contributed by atoms with E-state index in [2.05, 4.69) is 17.3 Å². The van der Waals surface area contributed by atoms with Crippen molar-refractivity contribution < 1.29 is 4.39 Å². The number of halogens is 2. The van der Waals surface area contributed by atoms with E-state index in [9.17, 15) is 4.39 Å². The smallest absolute Gasteiger partial charge is 0.146 e. The molecule has 0 fully saturated rings. The van der Waals surface area contributed by atoms with E-state index in [0.29, 0.717) is 17.3 Å². The van der Waals surface area contributed by atoms with E-state index in [1.165, 1.54) is 12.1 Å². The second-order valence-corrected chi connectivity index (χ2v) is 4.53. The SMILES string of the molecule is CCCn1cc(CNc2cc(Cl)ccc2F)cn1. The number of anilines is 1. The zero-order valence-corrected chi connectivity index (χ0v) is 10.9. The van der Waals surface area contributed by atoms with Crippen molar-refractivity contribution in [1.82, 2.24) is 9.78 Å². The highest BCUT2D eigenvalue weighted by molar-refractivity contribution is 6.30. The van der Waals surface area contributed by atoms with Gasteiger partial charge in [-0.05, 0) is 24.6 Å². The van der Waals surface area contributed by atoms with Crippen molar-refractivity contribution in [2.45, 2.75) is 26.4 Å². The highest BCUT2D eigenvalue weighted by Crippen LogP contribution is 2.20. The van der Waals surface area contributed by atoms with E-state index in [-0.39, 0.29) is 5.82 Å². The monoisotopic (exact) mass is 267 g/mol. The molecule has 18 heavy (non-hydrogen) atoms. The van der Waals surface area contributed by atoms with Gasteiger partial charge in [-0.3, -0.25) is 4.68 Å². The summed E-state index contributed by atoms with van der Waals surface area (Å²) in [7, 11) is 0. The number of hydrogen-bond acceptors (Lipinski definition) is 2. The second kappa shape index (κ2) is 5.87. The van der Waals surface area contributed by atoms with Gasteiger partial charge in [-0.2, -0.15) is 5.10 Å². The lowest BCUT2D eigenvalue weighted by Gasteiger charge is -2.06. The van der Waals surface area contributed by atoms with Crippen molar-refractivity contribution >= 4 is 17.3 Å². The Morgan fingerprint density at radius 2 is 2.28 bits per heavy atom. The minimum atomic E-state index is -0.305. The van der Waals surface area contributed by atoms with Gasteiger partial charge >= 0.3 is 0 Å². The first-order valence-corrected chi connectivity index (χ1v) is 6.27. The molecule has 0 aliphatic heterocycles. The Balaban J connectivity index is 1.99. The molecule has 2 aromatic rings. The number of aromatic nitrogens is 2. The summed E-state index contributed by atoms with van der Waals surface area (Å²) in [4.78, 5) is 0. The van der Waals surface area contributed by atoms with Crippen molar-refractivity contribution in [3.63, 3.8) is 0 Å². The largest absolute Gasteiger partial charge is 0.378 e. The third-order valence-electron chi connectivity index (χ3n) is 2.55. The van der Waals surface area contributed by atoms with Crippen LogP contribution in [0.25, 0.3) is 0 Å². The van der Waals surface area contributed by atoms with Crippen LogP contribution in [0.5, 0.6) is 0 Å². The highest BCUT2D eigenvalue weighted by Gasteiger charge is 2.03. The first-order valence-electron chi connectivity index (χ1n) is 5.89. The lowest BCUT2D eigenvalue weighted by atomic mass is 10.3. The van der Waals surface area contributed by atoms with Gasteiger partial charge < -0.3 is 5.32 Å². The quantitative estimate of drug-likeness (QED) is 0.895. The first-order chi connectivity index (χ1) is 8.69. The van der Waals surface area contributed by atoms with E-state index in [1.807, 2.05) is 10.9 Å². The molecule has 0 aliphatic rings. The maximum absolute atomic E-state index is 13.5. The Morgan fingerprint density at radius 1 is 1.44 bits per heavy atom. The molecule has 0 amide bonds. The summed E-state index contributed by atoms with van der Waals surface area (Å²) >= 11 is 5.82. The Bertz CT molecular complexity index is 525. The van der Waals surface area contributed by atoms with Crippen molar-refractivity contribution in [2.75, 3.05) is 5.32 Å². The van der Waals surface area contributed by atoms with Gasteiger partial charge in [0, 0.05) is 29.9 Å². The van der Waals surface area contributed by atoms with Crippen LogP contribution in [-0.4, -0.2) is 9.78 Å². The summed E-state index contributed by atoms with van der Waals surface area (Å²) in [6.45, 7) is 3.52. The average molecular weight is 268 g/mol. The summed E-state index contributed by atoms with van der Waals surface area (Å²) in [6.07, 6.45) is 4.78. The molecule has 0 aliphatic carbocycles. The van der Waals surface area contributed by atoms with Crippen LogP contribution in [0.15, 0.2) is 30.6 Å². The molecule has 1 N–H and O–H groups in total. The first kappa shape index (κ1) is 12.9. The molecule has 1 heterocycles. The van der Waals surface area contributed by atoms with E-state index in [0.717, 1.165) is 18.5 Å². The number of rotatable bonds is 5. The maximum Gasteiger partial charge on any atom is 0.146 e. The Hall–Kier alpha value is -1.55. The van der Waals surface area contributed by atoms with Crippen LogP contribution in [0.2, 0.25) is 5.02 Å². The fourth-order valence-corrected chi connectivity index (χ4v) is 1.85. The Kier molecular flexibility index (Phi) is 4.20. The topological polar surface area (TPSA) is 29.9 Å². The van der Waals surface area contributed by atoms with E-state index in [1.54, 1.807) is 12.3 Å². The van der Waals surface area contributed by atoms with E-state index < -0.39 is 0 Å². The van der Waals surface area contributed by atoms with Crippen molar-refractivity contribution in [3.8, 4) is 0 Å². The van der Waals surface area contributed by atoms with Crippen LogP contribution in [0, 0.1) is 5.82 Å². The summed E-state index contributed by atoms with van der Waals surface area (Å²) in [5.74, 6) is -0.305. The number of benzene rings is 1. The van der Waals surface area contributed by atoms with Crippen LogP contribution >= 0.6 is 11.6 Å². The van der Waals surface area contributed by atoms with Crippen molar-refractivity contribution in [2.24, 2.45) is 0 Å². The normalized spacial score (nSPS) is 10.6. The molecule has 0 atom stereocenters. The van der Waals surface area contributed by atoms with Gasteiger partial charge in [0.2, 0.25) is 0 Å². The van der Waals surface area contributed by atoms with Crippen LogP contribution in [-0.2, 0) is 13.1 Å². The Labute approximate surface area is 111 Å². The van der Waals surface area contributed by atoms with E-state index in [4.69, 9.17) is 11.6 Å². The standard InChI is InChI=1S/C13H15ClFN3/c1-2-5-18-9-10(8-17-18)7-16-13-6-11(14)3-4-12(13)15/h3-4,6,8-9,16H,2,5,7H2,1H3. The molecule has 0 unspecified atom stereocenters. The fourth-order valence-electron chi connectivity index (χ4n) is 1.68. The van der Waals surface area contributed by atoms with Gasteiger partial charge in [-0.1, -0.05) is 18.5 Å². The van der Waals surface area contributed by atoms with Gasteiger partial charge in [0.05, 0.1) is 11.9 Å². The van der Waals surface area contributed by atoms with Crippen LogP contribution in [0.4, 0.5) is 10.1 Å². The molecule has 0 spiro atoms. The fraction of sp³-hybridized carbons (Fsp3) is 0.308. The molecule has 0 saturated carbocycles. The molecular weight excluding hydrogens is 253 g/mol. The van der Waals surface area contributed by atoms with Gasteiger partial charge in [0.1, 0.15) is 5.82 Å². The summed E-state index contributed by atoms with van der Waals surface area (Å²) in [5, 5.41) is 7.74. The maximum atomic E-state index is 13.5. The van der Waals surface area contributed by atoms with E-state index >= 15 is 0 Å². The lowest BCUT2D eigenvalue weighted by molar-refractivity contribution is 0.602. The minimum Gasteiger partial charge on any atom is -0.378 e. The predicted molar refractivity (Wildman–Crippen MR) is 71.3 cm³/mol. The van der Waals surface area contributed by atoms with Gasteiger partial charge in [0.25, 0.3) is 0 Å². The zero-order valence-electron chi connectivity index (χ0n) is 10.2. The summed E-state index contributed by atoms with van der Waals surface area (Å²) < 4.78 is 15.3. The molecule has 0 saturated heterocycles. The molecule has 3 nitrogen and oxygen atoms in total. The lowest BCUT2D eigenvalue weighted by Crippen LogP contribution is -2.01. The van der Waals surface area contributed by atoms with Crippen LogP contribution in [0.1, 0.15) is 18.9 Å². The number of nitrogens with one attached hydrogen (secondary N) is 1. The summed E-state index contributed by atoms with van der Waals surface area (Å²) in [6, 6.07) is 4.46. The molecule has 5 heteroatoms. The van der Waals surface area contributed by atoms with Gasteiger partial charge in [-0.25, -0.2) is 4.39 Å². The predicted octanol–water partition coefficient (Wildman–Crippen LogP) is 3.70. The van der Waals surface area contributed by atoms with Crippen LogP contribution < -0.4 is 5.32 Å². The van der Waals surface area contributed by atoms with Crippen molar-refractivity contribution in [1.29, 1.82) is 0 Å².